The van der Waals surface area contributed by atoms with Crippen LogP contribution >= 0.6 is 0 Å². The number of carboxylic acid groups (broad SMARTS) is 1. The molecule has 76 valence electrons. The van der Waals surface area contributed by atoms with E-state index in [9.17, 15) is 4.79 Å². The zero-order valence-corrected chi connectivity index (χ0v) is 8.03. The van der Waals surface area contributed by atoms with Crippen molar-refractivity contribution in [2.24, 2.45) is 0 Å². The maximum Gasteiger partial charge on any atom is 0.335 e. The van der Waals surface area contributed by atoms with Crippen LogP contribution in [0, 0.1) is 0 Å². The molecule has 0 aromatic heterocycles. The van der Waals surface area contributed by atoms with Crippen molar-refractivity contribution in [2.75, 3.05) is 19.8 Å². The summed E-state index contributed by atoms with van der Waals surface area (Å²) in [6.45, 7) is 4.52. The Bertz CT molecular complexity index is 165. The Morgan fingerprint density at radius 1 is 1.62 bits per heavy atom. The zero-order valence-electron chi connectivity index (χ0n) is 8.03. The van der Waals surface area contributed by atoms with E-state index in [-0.39, 0.29) is 6.61 Å². The van der Waals surface area contributed by atoms with E-state index < -0.39 is 12.1 Å². The lowest BCUT2D eigenvalue weighted by molar-refractivity contribution is -0.153. The Kier molecular flexibility index (Phi) is 7.24. The van der Waals surface area contributed by atoms with E-state index in [1.807, 2.05) is 19.1 Å². The predicted octanol–water partition coefficient (Wildman–Crippen LogP) is 1.07. The third-order valence-electron chi connectivity index (χ3n) is 1.36. The van der Waals surface area contributed by atoms with Gasteiger partial charge in [0.25, 0.3) is 0 Å². The molecule has 0 saturated carbocycles. The van der Waals surface area contributed by atoms with Crippen molar-refractivity contribution in [2.45, 2.75) is 20.0 Å². The number of carbonyl (C=O) groups is 1. The summed E-state index contributed by atoms with van der Waals surface area (Å²) < 4.78 is 9.99. The molecule has 0 aromatic carbocycles. The van der Waals surface area contributed by atoms with Crippen molar-refractivity contribution in [3.8, 4) is 0 Å². The highest BCUT2D eigenvalue weighted by Gasteiger charge is 2.16. The number of allylic oxidation sites excluding steroid dienone is 1. The van der Waals surface area contributed by atoms with Gasteiger partial charge in [-0.2, -0.15) is 0 Å². The molecule has 0 rings (SSSR count). The third-order valence-corrected chi connectivity index (χ3v) is 1.36. The van der Waals surface area contributed by atoms with Crippen LogP contribution in [-0.4, -0.2) is 37.0 Å². The van der Waals surface area contributed by atoms with Crippen LogP contribution in [0.1, 0.15) is 13.8 Å². The van der Waals surface area contributed by atoms with Gasteiger partial charge in [0.1, 0.15) is 0 Å². The van der Waals surface area contributed by atoms with Crippen LogP contribution in [0.15, 0.2) is 12.2 Å². The SMILES string of the molecule is CC=CCOCC(OCC)C(=O)O. The molecule has 13 heavy (non-hydrogen) atoms. The second-order valence-corrected chi connectivity index (χ2v) is 2.39. The normalized spacial score (nSPS) is 13.4. The predicted molar refractivity (Wildman–Crippen MR) is 48.7 cm³/mol. The smallest absolute Gasteiger partial charge is 0.335 e. The average Bonchev–Trinajstić information content (AvgIpc) is 2.10. The Balaban J connectivity index is 3.63. The van der Waals surface area contributed by atoms with Crippen molar-refractivity contribution in [1.82, 2.24) is 0 Å². The van der Waals surface area contributed by atoms with Crippen LogP contribution in [0.25, 0.3) is 0 Å². The van der Waals surface area contributed by atoms with Crippen LogP contribution in [0.3, 0.4) is 0 Å². The second-order valence-electron chi connectivity index (χ2n) is 2.39. The molecular weight excluding hydrogens is 172 g/mol. The fourth-order valence-corrected chi connectivity index (χ4v) is 0.731. The van der Waals surface area contributed by atoms with E-state index in [4.69, 9.17) is 14.6 Å². The van der Waals surface area contributed by atoms with Gasteiger partial charge in [-0.3, -0.25) is 0 Å². The minimum atomic E-state index is -0.984. The summed E-state index contributed by atoms with van der Waals surface area (Å²) in [6.07, 6.45) is 2.80. The van der Waals surface area contributed by atoms with E-state index in [0.717, 1.165) is 0 Å². The van der Waals surface area contributed by atoms with Gasteiger partial charge in [-0.1, -0.05) is 12.2 Å². The second kappa shape index (κ2) is 7.76. The summed E-state index contributed by atoms with van der Waals surface area (Å²) in [5.74, 6) is -0.984. The lowest BCUT2D eigenvalue weighted by Crippen LogP contribution is -2.29. The molecule has 0 fully saturated rings. The molecule has 1 N–H and O–H groups in total. The topological polar surface area (TPSA) is 55.8 Å². The fraction of sp³-hybridized carbons (Fsp3) is 0.667. The molecule has 1 atom stereocenters. The van der Waals surface area contributed by atoms with Crippen LogP contribution in [-0.2, 0) is 14.3 Å². The number of ether oxygens (including phenoxy) is 2. The Hall–Kier alpha value is -0.870. The first-order chi connectivity index (χ1) is 6.22. The van der Waals surface area contributed by atoms with Gasteiger partial charge < -0.3 is 14.6 Å². The molecule has 0 aliphatic rings. The maximum atomic E-state index is 10.5. The lowest BCUT2D eigenvalue weighted by Gasteiger charge is -2.11. The minimum absolute atomic E-state index is 0.0908. The van der Waals surface area contributed by atoms with Crippen LogP contribution in [0.5, 0.6) is 0 Å². The van der Waals surface area contributed by atoms with Gasteiger partial charge in [0, 0.05) is 6.61 Å². The average molecular weight is 188 g/mol. The molecule has 0 amide bonds. The summed E-state index contributed by atoms with van der Waals surface area (Å²) in [5.41, 5.74) is 0. The van der Waals surface area contributed by atoms with E-state index in [0.29, 0.717) is 13.2 Å². The summed E-state index contributed by atoms with van der Waals surface area (Å²) in [7, 11) is 0. The Morgan fingerprint density at radius 3 is 2.77 bits per heavy atom. The molecule has 0 radical (unpaired) electrons. The van der Waals surface area contributed by atoms with E-state index in [2.05, 4.69) is 0 Å². The fourth-order valence-electron chi connectivity index (χ4n) is 0.731. The van der Waals surface area contributed by atoms with Crippen LogP contribution in [0.2, 0.25) is 0 Å². The van der Waals surface area contributed by atoms with Crippen molar-refractivity contribution < 1.29 is 19.4 Å². The van der Waals surface area contributed by atoms with Gasteiger partial charge in [-0.05, 0) is 13.8 Å². The maximum absolute atomic E-state index is 10.5. The monoisotopic (exact) mass is 188 g/mol. The molecule has 0 aliphatic carbocycles. The Labute approximate surface area is 78.2 Å². The molecule has 1 unspecified atom stereocenters. The molecule has 0 aromatic rings. The highest BCUT2D eigenvalue weighted by atomic mass is 16.5. The van der Waals surface area contributed by atoms with Crippen molar-refractivity contribution >= 4 is 5.97 Å². The van der Waals surface area contributed by atoms with Gasteiger partial charge >= 0.3 is 5.97 Å². The van der Waals surface area contributed by atoms with E-state index in [1.165, 1.54) is 0 Å². The zero-order chi connectivity index (χ0) is 10.1. The Morgan fingerprint density at radius 2 is 2.31 bits per heavy atom. The summed E-state index contributed by atoms with van der Waals surface area (Å²) >= 11 is 0. The number of rotatable bonds is 7. The molecule has 4 heteroatoms. The highest BCUT2D eigenvalue weighted by Crippen LogP contribution is 1.94. The summed E-state index contributed by atoms with van der Waals surface area (Å²) in [4.78, 5) is 10.5. The minimum Gasteiger partial charge on any atom is -0.479 e. The standard InChI is InChI=1S/C9H16O4/c1-3-5-6-12-7-8(9(10)11)13-4-2/h3,5,8H,4,6-7H2,1-2H3,(H,10,11). The van der Waals surface area contributed by atoms with Crippen molar-refractivity contribution in [3.63, 3.8) is 0 Å². The van der Waals surface area contributed by atoms with Crippen LogP contribution in [0.4, 0.5) is 0 Å². The third kappa shape index (κ3) is 6.31. The number of carboxylic acids is 1. The lowest BCUT2D eigenvalue weighted by atomic mass is 10.4. The molecule has 0 bridgehead atoms. The van der Waals surface area contributed by atoms with Gasteiger partial charge in [-0.25, -0.2) is 4.79 Å². The summed E-state index contributed by atoms with van der Waals surface area (Å²) in [5, 5.41) is 8.64. The quantitative estimate of drug-likeness (QED) is 0.479. The van der Waals surface area contributed by atoms with Gasteiger partial charge in [0.05, 0.1) is 13.2 Å². The summed E-state index contributed by atoms with van der Waals surface area (Å²) in [6, 6.07) is 0. The van der Waals surface area contributed by atoms with Gasteiger partial charge in [0.15, 0.2) is 6.10 Å². The largest absolute Gasteiger partial charge is 0.479 e. The molecular formula is C9H16O4. The molecule has 0 spiro atoms. The van der Waals surface area contributed by atoms with Crippen molar-refractivity contribution in [1.29, 1.82) is 0 Å². The number of hydrogen-bond donors (Lipinski definition) is 1. The van der Waals surface area contributed by atoms with Gasteiger partial charge in [0.2, 0.25) is 0 Å². The van der Waals surface area contributed by atoms with Crippen molar-refractivity contribution in [3.05, 3.63) is 12.2 Å². The molecule has 0 heterocycles. The highest BCUT2D eigenvalue weighted by molar-refractivity contribution is 5.72. The number of aliphatic carboxylic acids is 1. The first kappa shape index (κ1) is 12.1. The molecule has 4 nitrogen and oxygen atoms in total. The number of hydrogen-bond acceptors (Lipinski definition) is 3. The molecule has 0 saturated heterocycles. The van der Waals surface area contributed by atoms with E-state index >= 15 is 0 Å². The van der Waals surface area contributed by atoms with Gasteiger partial charge in [-0.15, -0.1) is 0 Å². The molecule has 0 aliphatic heterocycles. The first-order valence-electron chi connectivity index (χ1n) is 4.25. The van der Waals surface area contributed by atoms with E-state index in [1.54, 1.807) is 6.92 Å². The first-order valence-corrected chi connectivity index (χ1v) is 4.25. The van der Waals surface area contributed by atoms with Crippen LogP contribution < -0.4 is 0 Å².